The summed E-state index contributed by atoms with van der Waals surface area (Å²) in [6.07, 6.45) is 3.34. The Morgan fingerprint density at radius 2 is 1.85 bits per heavy atom. The molecular formula is C21H29N3O3. The zero-order chi connectivity index (χ0) is 19.8. The Hall–Kier alpha value is -2.63. The summed E-state index contributed by atoms with van der Waals surface area (Å²) < 4.78 is 5.76. The van der Waals surface area contributed by atoms with Crippen molar-refractivity contribution in [2.24, 2.45) is 5.92 Å². The Morgan fingerprint density at radius 3 is 2.48 bits per heavy atom. The molecule has 0 fully saturated rings. The number of carbonyl (C=O) groups excluding carboxylic acids is 2. The zero-order valence-electron chi connectivity index (χ0n) is 16.5. The van der Waals surface area contributed by atoms with E-state index >= 15 is 0 Å². The summed E-state index contributed by atoms with van der Waals surface area (Å²) in [4.78, 5) is 27.9. The molecule has 1 aromatic heterocycles. The molecule has 0 saturated heterocycles. The van der Waals surface area contributed by atoms with E-state index in [2.05, 4.69) is 41.6 Å². The van der Waals surface area contributed by atoms with Crippen LogP contribution in [0.3, 0.4) is 0 Å². The summed E-state index contributed by atoms with van der Waals surface area (Å²) >= 11 is 0. The molecule has 2 rings (SSSR count). The fourth-order valence-corrected chi connectivity index (χ4v) is 2.76. The van der Waals surface area contributed by atoms with Crippen LogP contribution in [0.4, 0.5) is 0 Å². The summed E-state index contributed by atoms with van der Waals surface area (Å²) in [7, 11) is 0. The highest BCUT2D eigenvalue weighted by molar-refractivity contribution is 5.87. The van der Waals surface area contributed by atoms with Crippen molar-refractivity contribution in [2.45, 2.75) is 53.0 Å². The first-order chi connectivity index (χ1) is 12.9. The van der Waals surface area contributed by atoms with Crippen LogP contribution in [0.1, 0.15) is 45.6 Å². The van der Waals surface area contributed by atoms with E-state index in [1.807, 2.05) is 19.1 Å². The van der Waals surface area contributed by atoms with Crippen LogP contribution in [0.25, 0.3) is 11.3 Å². The van der Waals surface area contributed by atoms with Gasteiger partial charge in [-0.3, -0.25) is 9.59 Å². The second kappa shape index (κ2) is 9.90. The number of aryl methyl sites for hydroxylation is 1. The quantitative estimate of drug-likeness (QED) is 0.709. The zero-order valence-corrected chi connectivity index (χ0v) is 16.5. The predicted molar refractivity (Wildman–Crippen MR) is 105 cm³/mol. The van der Waals surface area contributed by atoms with Gasteiger partial charge < -0.3 is 15.1 Å². The lowest BCUT2D eigenvalue weighted by Crippen LogP contribution is -2.44. The third-order valence-corrected chi connectivity index (χ3v) is 4.12. The highest BCUT2D eigenvalue weighted by atomic mass is 16.4. The van der Waals surface area contributed by atoms with Gasteiger partial charge in [0.1, 0.15) is 6.04 Å². The van der Waals surface area contributed by atoms with E-state index in [0.717, 1.165) is 12.0 Å². The summed E-state index contributed by atoms with van der Waals surface area (Å²) in [6.45, 7) is 8.43. The number of hydrogen-bond acceptors (Lipinski definition) is 4. The molecule has 146 valence electrons. The molecule has 6 nitrogen and oxygen atoms in total. The molecule has 0 aliphatic carbocycles. The molecule has 2 N–H and O–H groups in total. The first-order valence-corrected chi connectivity index (χ1v) is 9.50. The van der Waals surface area contributed by atoms with Gasteiger partial charge in [0.25, 0.3) is 0 Å². The van der Waals surface area contributed by atoms with E-state index < -0.39 is 6.04 Å². The monoisotopic (exact) mass is 371 g/mol. The van der Waals surface area contributed by atoms with Crippen LogP contribution in [0, 0.1) is 5.92 Å². The van der Waals surface area contributed by atoms with Gasteiger partial charge in [-0.05, 0) is 31.7 Å². The van der Waals surface area contributed by atoms with Gasteiger partial charge in [-0.1, -0.05) is 38.1 Å². The predicted octanol–water partition coefficient (Wildman–Crippen LogP) is 3.11. The molecule has 0 aliphatic heterocycles. The van der Waals surface area contributed by atoms with E-state index in [-0.39, 0.29) is 18.2 Å². The first kappa shape index (κ1) is 20.7. The van der Waals surface area contributed by atoms with Crippen LogP contribution in [0.15, 0.2) is 34.9 Å². The minimum absolute atomic E-state index is 0.190. The molecule has 0 spiro atoms. The number of hydrogen-bond donors (Lipinski definition) is 2. The lowest BCUT2D eigenvalue weighted by molar-refractivity contribution is -0.128. The molecule has 1 aromatic carbocycles. The third-order valence-electron chi connectivity index (χ3n) is 4.12. The van der Waals surface area contributed by atoms with Gasteiger partial charge >= 0.3 is 0 Å². The minimum atomic E-state index is -0.554. The van der Waals surface area contributed by atoms with E-state index in [1.54, 1.807) is 13.1 Å². The van der Waals surface area contributed by atoms with Crippen molar-refractivity contribution in [3.05, 3.63) is 41.9 Å². The molecule has 27 heavy (non-hydrogen) atoms. The Labute approximate surface area is 160 Å². The maximum atomic E-state index is 12.0. The fourth-order valence-electron chi connectivity index (χ4n) is 2.76. The number of nitrogens with zero attached hydrogens (tertiary/aromatic N) is 1. The third kappa shape index (κ3) is 6.55. The van der Waals surface area contributed by atoms with Crippen molar-refractivity contribution < 1.29 is 14.0 Å². The van der Waals surface area contributed by atoms with Crippen LogP contribution < -0.4 is 10.6 Å². The number of amides is 2. The van der Waals surface area contributed by atoms with Crippen LogP contribution in [-0.4, -0.2) is 29.4 Å². The lowest BCUT2D eigenvalue weighted by Gasteiger charge is -2.12. The number of aromatic nitrogens is 1. The maximum absolute atomic E-state index is 12.0. The molecule has 6 heteroatoms. The van der Waals surface area contributed by atoms with E-state index in [4.69, 9.17) is 4.42 Å². The second-order valence-electron chi connectivity index (χ2n) is 7.10. The Morgan fingerprint density at radius 1 is 1.15 bits per heavy atom. The molecule has 2 amide bonds. The molecule has 0 saturated carbocycles. The number of likely N-dealkylation sites (N-methyl/N-ethyl adjacent to an activating group) is 1. The van der Waals surface area contributed by atoms with Crippen molar-refractivity contribution in [1.29, 1.82) is 0 Å². The number of nitrogens with one attached hydrogen (secondary N) is 2. The molecule has 0 bridgehead atoms. The van der Waals surface area contributed by atoms with Gasteiger partial charge in [-0.15, -0.1) is 0 Å². The highest BCUT2D eigenvalue weighted by Crippen LogP contribution is 2.22. The van der Waals surface area contributed by atoms with Crippen LogP contribution in [0.5, 0.6) is 0 Å². The summed E-state index contributed by atoms with van der Waals surface area (Å²) in [5, 5.41) is 5.35. The average Bonchev–Trinajstić information content (AvgIpc) is 3.09. The van der Waals surface area contributed by atoms with Crippen LogP contribution >= 0.6 is 0 Å². The lowest BCUT2D eigenvalue weighted by atomic mass is 10.0. The van der Waals surface area contributed by atoms with Crippen LogP contribution in [0.2, 0.25) is 0 Å². The number of carbonyl (C=O) groups is 2. The largest absolute Gasteiger partial charge is 0.441 e. The number of benzene rings is 1. The molecule has 0 aliphatic rings. The first-order valence-electron chi connectivity index (χ1n) is 9.50. The Balaban J connectivity index is 1.87. The molecule has 1 unspecified atom stereocenters. The molecule has 0 radical (unpaired) electrons. The molecule has 1 heterocycles. The van der Waals surface area contributed by atoms with Gasteiger partial charge in [0.15, 0.2) is 11.7 Å². The summed E-state index contributed by atoms with van der Waals surface area (Å²) in [6, 6.07) is 7.72. The van der Waals surface area contributed by atoms with Crippen molar-refractivity contribution in [2.75, 3.05) is 6.54 Å². The SMILES string of the molecule is CCNC(=O)C(C)NC(=O)CCc1ncc(-c2ccc(CC(C)C)cc2)o1. The van der Waals surface area contributed by atoms with Crippen LogP contribution in [-0.2, 0) is 22.4 Å². The van der Waals surface area contributed by atoms with Gasteiger partial charge in [0.05, 0.1) is 6.20 Å². The molecule has 2 aromatic rings. The number of rotatable bonds is 9. The van der Waals surface area contributed by atoms with E-state index in [9.17, 15) is 9.59 Å². The maximum Gasteiger partial charge on any atom is 0.242 e. The standard InChI is InChI=1S/C21H29N3O3/c1-5-22-21(26)15(4)24-19(25)10-11-20-23-13-18(27-20)17-8-6-16(7-9-17)12-14(2)3/h6-9,13-15H,5,10-12H2,1-4H3,(H,22,26)(H,24,25). The number of oxazole rings is 1. The summed E-state index contributed by atoms with van der Waals surface area (Å²) in [5.41, 5.74) is 2.27. The van der Waals surface area contributed by atoms with Gasteiger partial charge in [0, 0.05) is 24.9 Å². The van der Waals surface area contributed by atoms with E-state index in [0.29, 0.717) is 30.5 Å². The molecular weight excluding hydrogens is 342 g/mol. The van der Waals surface area contributed by atoms with Crippen molar-refractivity contribution >= 4 is 11.8 Å². The van der Waals surface area contributed by atoms with E-state index in [1.165, 1.54) is 5.56 Å². The Bertz CT molecular complexity index is 750. The van der Waals surface area contributed by atoms with Gasteiger partial charge in [-0.25, -0.2) is 4.98 Å². The average molecular weight is 371 g/mol. The van der Waals surface area contributed by atoms with Crippen molar-refractivity contribution in [3.63, 3.8) is 0 Å². The summed E-state index contributed by atoms with van der Waals surface area (Å²) in [5.74, 6) is 1.43. The smallest absolute Gasteiger partial charge is 0.242 e. The Kier molecular flexibility index (Phi) is 7.58. The van der Waals surface area contributed by atoms with Gasteiger partial charge in [-0.2, -0.15) is 0 Å². The minimum Gasteiger partial charge on any atom is -0.441 e. The topological polar surface area (TPSA) is 84.2 Å². The molecule has 1 atom stereocenters. The fraction of sp³-hybridized carbons (Fsp3) is 0.476. The second-order valence-corrected chi connectivity index (χ2v) is 7.10. The van der Waals surface area contributed by atoms with Crippen molar-refractivity contribution in [3.8, 4) is 11.3 Å². The van der Waals surface area contributed by atoms with Crippen molar-refractivity contribution in [1.82, 2.24) is 15.6 Å². The highest BCUT2D eigenvalue weighted by Gasteiger charge is 2.15. The normalized spacial score (nSPS) is 12.0. The van der Waals surface area contributed by atoms with Gasteiger partial charge in [0.2, 0.25) is 11.8 Å².